The molecule has 3 aromatic carbocycles. The van der Waals surface area contributed by atoms with Crippen molar-refractivity contribution in [3.63, 3.8) is 0 Å². The molecule has 0 atom stereocenters. The number of rotatable bonds is 10. The summed E-state index contributed by atoms with van der Waals surface area (Å²) in [6.45, 7) is 5.56. The molecule has 0 radical (unpaired) electrons. The number of hydrogen-bond donors (Lipinski definition) is 1. The number of amides is 1. The molecule has 5 aromatic rings. The van der Waals surface area contributed by atoms with Gasteiger partial charge in [-0.25, -0.2) is 0 Å². The third-order valence-corrected chi connectivity index (χ3v) is 6.58. The molecule has 194 valence electrons. The molecule has 0 unspecified atom stereocenters. The molecule has 5 rings (SSSR count). The predicted molar refractivity (Wildman–Crippen MR) is 148 cm³/mol. The Morgan fingerprint density at radius 2 is 1.66 bits per heavy atom. The Kier molecular flexibility index (Phi) is 7.49. The Hall–Kier alpha value is -4.46. The number of nitrogens with one attached hydrogen (secondary N) is 1. The van der Waals surface area contributed by atoms with Crippen LogP contribution in [0, 0.1) is 6.92 Å². The third-order valence-electron chi connectivity index (χ3n) is 6.58. The van der Waals surface area contributed by atoms with E-state index in [2.05, 4.69) is 15.5 Å². The number of carbonyl (C=O) groups excluding carboxylic acids is 1. The summed E-state index contributed by atoms with van der Waals surface area (Å²) < 4.78 is 9.03. The minimum Gasteiger partial charge on any atom is -0.494 e. The van der Waals surface area contributed by atoms with Gasteiger partial charge in [0.05, 0.1) is 24.1 Å². The van der Waals surface area contributed by atoms with E-state index in [0.717, 1.165) is 34.4 Å². The van der Waals surface area contributed by atoms with Gasteiger partial charge in [-0.05, 0) is 55.7 Å². The first-order chi connectivity index (χ1) is 18.5. The summed E-state index contributed by atoms with van der Waals surface area (Å²) in [4.78, 5) is 26.0. The lowest BCUT2D eigenvalue weighted by Gasteiger charge is -2.12. The number of fused-ring (bicyclic) bond motifs is 3. The van der Waals surface area contributed by atoms with Crippen LogP contribution >= 0.6 is 0 Å². The van der Waals surface area contributed by atoms with Crippen molar-refractivity contribution in [2.75, 3.05) is 13.2 Å². The largest absolute Gasteiger partial charge is 0.494 e. The van der Waals surface area contributed by atoms with Gasteiger partial charge in [-0.1, -0.05) is 54.1 Å². The highest BCUT2D eigenvalue weighted by atomic mass is 16.5. The van der Waals surface area contributed by atoms with E-state index in [1.165, 1.54) is 0 Å². The van der Waals surface area contributed by atoms with Crippen LogP contribution in [0.3, 0.4) is 0 Å². The number of nitrogens with zero attached hydrogens (tertiary/aromatic N) is 4. The monoisotopic (exact) mass is 509 g/mol. The molecule has 0 bridgehead atoms. The lowest BCUT2D eigenvalue weighted by atomic mass is 10.1. The van der Waals surface area contributed by atoms with Gasteiger partial charge in [0.1, 0.15) is 11.6 Å². The molecule has 0 saturated carbocycles. The second-order valence-electron chi connectivity index (χ2n) is 9.32. The average Bonchev–Trinajstić information content (AvgIpc) is 3.36. The molecule has 0 saturated heterocycles. The van der Waals surface area contributed by atoms with Gasteiger partial charge in [0.2, 0.25) is 11.7 Å². The van der Waals surface area contributed by atoms with Crippen molar-refractivity contribution < 1.29 is 9.53 Å². The van der Waals surface area contributed by atoms with Gasteiger partial charge in [0.25, 0.3) is 5.56 Å². The first kappa shape index (κ1) is 25.2. The molecule has 0 fully saturated rings. The van der Waals surface area contributed by atoms with E-state index in [-0.39, 0.29) is 17.9 Å². The second-order valence-corrected chi connectivity index (χ2v) is 9.32. The van der Waals surface area contributed by atoms with Crippen LogP contribution in [0.25, 0.3) is 16.7 Å². The molecule has 1 amide bonds. The smallest absolute Gasteiger partial charge is 0.263 e. The summed E-state index contributed by atoms with van der Waals surface area (Å²) in [5.41, 5.74) is 3.93. The summed E-state index contributed by atoms with van der Waals surface area (Å²) in [7, 11) is 0. The van der Waals surface area contributed by atoms with Crippen molar-refractivity contribution in [2.24, 2.45) is 0 Å². The number of hydrogen-bond acceptors (Lipinski definition) is 5. The van der Waals surface area contributed by atoms with E-state index in [4.69, 9.17) is 4.74 Å². The zero-order valence-electron chi connectivity index (χ0n) is 21.7. The number of aromatic nitrogens is 4. The van der Waals surface area contributed by atoms with Crippen molar-refractivity contribution >= 4 is 22.6 Å². The minimum absolute atomic E-state index is 0.0510. The quantitative estimate of drug-likeness (QED) is 0.306. The lowest BCUT2D eigenvalue weighted by molar-refractivity contribution is -0.121. The fourth-order valence-electron chi connectivity index (χ4n) is 4.57. The van der Waals surface area contributed by atoms with Gasteiger partial charge in [-0.15, -0.1) is 10.2 Å². The standard InChI is InChI=1S/C30H31N5O3/c1-3-38-24-14-12-22(13-15-24)18-19-31-28(36)17-16-27-32-33-30-34(20-23-10-8-21(2)9-11-23)29(37)25-6-4-5-7-26(25)35(27)30/h4-15H,3,16-20H2,1-2H3,(H,31,36). The first-order valence-electron chi connectivity index (χ1n) is 12.9. The maximum Gasteiger partial charge on any atom is 0.263 e. The van der Waals surface area contributed by atoms with Crippen LogP contribution < -0.4 is 15.6 Å². The van der Waals surface area contributed by atoms with Crippen molar-refractivity contribution in [1.82, 2.24) is 24.5 Å². The number of carbonyl (C=O) groups is 1. The van der Waals surface area contributed by atoms with Crippen LogP contribution in [-0.2, 0) is 24.2 Å². The fraction of sp³-hybridized carbons (Fsp3) is 0.267. The summed E-state index contributed by atoms with van der Waals surface area (Å²) in [5, 5.41) is 12.3. The highest BCUT2D eigenvalue weighted by Gasteiger charge is 2.17. The lowest BCUT2D eigenvalue weighted by Crippen LogP contribution is -2.26. The Bertz CT molecular complexity index is 1620. The second kappa shape index (κ2) is 11.3. The Morgan fingerprint density at radius 1 is 0.921 bits per heavy atom. The van der Waals surface area contributed by atoms with Crippen molar-refractivity contribution in [3.8, 4) is 5.75 Å². The molecule has 0 spiro atoms. The number of ether oxygens (including phenoxy) is 1. The predicted octanol–water partition coefficient (Wildman–Crippen LogP) is 4.09. The molecule has 2 aromatic heterocycles. The first-order valence-corrected chi connectivity index (χ1v) is 12.9. The number of para-hydroxylation sites is 1. The normalized spacial score (nSPS) is 11.2. The van der Waals surface area contributed by atoms with Crippen LogP contribution in [0.2, 0.25) is 0 Å². The maximum absolute atomic E-state index is 13.4. The third kappa shape index (κ3) is 5.44. The molecule has 1 N–H and O–H groups in total. The van der Waals surface area contributed by atoms with Crippen LogP contribution in [0.15, 0.2) is 77.6 Å². The minimum atomic E-state index is -0.111. The van der Waals surface area contributed by atoms with Crippen molar-refractivity contribution in [3.05, 3.63) is 106 Å². The van der Waals surface area contributed by atoms with Crippen LogP contribution in [-0.4, -0.2) is 38.2 Å². The van der Waals surface area contributed by atoms with Gasteiger partial charge in [0, 0.05) is 19.4 Å². The molecular formula is C30H31N5O3. The van der Waals surface area contributed by atoms with E-state index < -0.39 is 0 Å². The van der Waals surface area contributed by atoms with Crippen molar-refractivity contribution in [1.29, 1.82) is 0 Å². The van der Waals surface area contributed by atoms with Gasteiger partial charge < -0.3 is 10.1 Å². The van der Waals surface area contributed by atoms with E-state index in [1.807, 2.05) is 91.0 Å². The molecule has 0 aliphatic heterocycles. The molecular weight excluding hydrogens is 478 g/mol. The maximum atomic E-state index is 13.4. The van der Waals surface area contributed by atoms with Gasteiger partial charge in [-0.3, -0.25) is 18.6 Å². The fourth-order valence-corrected chi connectivity index (χ4v) is 4.57. The van der Waals surface area contributed by atoms with Gasteiger partial charge >= 0.3 is 0 Å². The highest BCUT2D eigenvalue weighted by Crippen LogP contribution is 2.17. The zero-order chi connectivity index (χ0) is 26.5. The summed E-state index contributed by atoms with van der Waals surface area (Å²) in [5.74, 6) is 1.92. The number of aryl methyl sites for hydroxylation is 2. The zero-order valence-corrected chi connectivity index (χ0v) is 21.7. The SMILES string of the molecule is CCOc1ccc(CCNC(=O)CCc2nnc3n(Cc4ccc(C)cc4)c(=O)c4ccccc4n23)cc1. The van der Waals surface area contributed by atoms with Crippen LogP contribution in [0.5, 0.6) is 5.75 Å². The molecule has 8 nitrogen and oxygen atoms in total. The van der Waals surface area contributed by atoms with Crippen molar-refractivity contribution in [2.45, 2.75) is 39.7 Å². The van der Waals surface area contributed by atoms with Crippen LogP contribution in [0.1, 0.15) is 35.9 Å². The Balaban J connectivity index is 1.31. The molecule has 8 heteroatoms. The highest BCUT2D eigenvalue weighted by molar-refractivity contribution is 5.80. The molecule has 0 aliphatic rings. The summed E-state index contributed by atoms with van der Waals surface area (Å²) in [6.07, 6.45) is 1.42. The van der Waals surface area contributed by atoms with Gasteiger partial charge in [-0.2, -0.15) is 0 Å². The number of benzene rings is 3. The molecule has 2 heterocycles. The Morgan fingerprint density at radius 3 is 2.42 bits per heavy atom. The summed E-state index contributed by atoms with van der Waals surface area (Å²) >= 11 is 0. The average molecular weight is 510 g/mol. The van der Waals surface area contributed by atoms with Crippen LogP contribution in [0.4, 0.5) is 0 Å². The molecule has 0 aliphatic carbocycles. The Labute approximate surface area is 220 Å². The van der Waals surface area contributed by atoms with E-state index >= 15 is 0 Å². The molecule has 38 heavy (non-hydrogen) atoms. The van der Waals surface area contributed by atoms with Gasteiger partial charge in [0.15, 0.2) is 0 Å². The summed E-state index contributed by atoms with van der Waals surface area (Å²) in [6, 6.07) is 23.5. The van der Waals surface area contributed by atoms with E-state index in [1.54, 1.807) is 4.57 Å². The van der Waals surface area contributed by atoms with E-state index in [0.29, 0.717) is 43.1 Å². The topological polar surface area (TPSA) is 90.5 Å². The van der Waals surface area contributed by atoms with E-state index in [9.17, 15) is 9.59 Å².